The highest BCUT2D eigenvalue weighted by Crippen LogP contribution is 2.44. The molecule has 0 bridgehead atoms. The summed E-state index contributed by atoms with van der Waals surface area (Å²) in [6, 6.07) is 17.8. The van der Waals surface area contributed by atoms with E-state index in [4.69, 9.17) is 4.74 Å². The monoisotopic (exact) mass is 395 g/mol. The molecule has 0 saturated carbocycles. The lowest BCUT2D eigenvalue weighted by molar-refractivity contribution is 0.132. The minimum atomic E-state index is -1.04. The van der Waals surface area contributed by atoms with Gasteiger partial charge in [-0.3, -0.25) is 0 Å². The number of nitrogens with one attached hydrogen (secondary N) is 1. The zero-order valence-electron chi connectivity index (χ0n) is 15.4. The Morgan fingerprint density at radius 1 is 1.00 bits per heavy atom. The van der Waals surface area contributed by atoms with Gasteiger partial charge in [0.05, 0.1) is 12.6 Å². The number of carbonyl (C=O) groups excluding carboxylic acids is 1. The first-order valence-corrected chi connectivity index (χ1v) is 9.26. The van der Waals surface area contributed by atoms with Crippen molar-refractivity contribution in [3.05, 3.63) is 95.1 Å². The molecule has 1 aliphatic carbocycles. The van der Waals surface area contributed by atoms with Gasteiger partial charge in [0.2, 0.25) is 0 Å². The first-order chi connectivity index (χ1) is 14.1. The SMILES string of the molecule is O=C(NC(CO)c1ccc(F)cc1F)OCC1c2ccccc2-c2ccccc21. The van der Waals surface area contributed by atoms with Crippen LogP contribution in [0, 0.1) is 11.6 Å². The van der Waals surface area contributed by atoms with Crippen molar-refractivity contribution < 1.29 is 23.4 Å². The van der Waals surface area contributed by atoms with Crippen LogP contribution in [-0.2, 0) is 4.74 Å². The maximum absolute atomic E-state index is 14.0. The van der Waals surface area contributed by atoms with Crippen LogP contribution in [0.1, 0.15) is 28.7 Å². The molecule has 3 aromatic carbocycles. The number of ether oxygens (including phenoxy) is 1. The fourth-order valence-electron chi connectivity index (χ4n) is 3.79. The molecule has 4 nitrogen and oxygen atoms in total. The van der Waals surface area contributed by atoms with E-state index < -0.39 is 30.4 Å². The number of aliphatic hydroxyl groups excluding tert-OH is 1. The van der Waals surface area contributed by atoms with E-state index in [9.17, 15) is 18.7 Å². The van der Waals surface area contributed by atoms with Crippen LogP contribution >= 0.6 is 0 Å². The highest BCUT2D eigenvalue weighted by Gasteiger charge is 2.29. The molecular formula is C23H19F2NO3. The Kier molecular flexibility index (Phi) is 5.27. The van der Waals surface area contributed by atoms with Crippen molar-refractivity contribution in [2.45, 2.75) is 12.0 Å². The van der Waals surface area contributed by atoms with Crippen molar-refractivity contribution in [2.24, 2.45) is 0 Å². The van der Waals surface area contributed by atoms with E-state index >= 15 is 0 Å². The quantitative estimate of drug-likeness (QED) is 0.667. The third-order valence-electron chi connectivity index (χ3n) is 5.16. The predicted octanol–water partition coefficient (Wildman–Crippen LogP) is 4.54. The number of halogens is 2. The van der Waals surface area contributed by atoms with Gasteiger partial charge in [-0.15, -0.1) is 0 Å². The minimum absolute atomic E-state index is 0.0117. The molecule has 148 valence electrons. The van der Waals surface area contributed by atoms with Crippen molar-refractivity contribution in [1.82, 2.24) is 5.32 Å². The number of amides is 1. The Hall–Kier alpha value is -3.25. The van der Waals surface area contributed by atoms with Gasteiger partial charge in [-0.1, -0.05) is 54.6 Å². The largest absolute Gasteiger partial charge is 0.449 e. The number of hydrogen-bond acceptors (Lipinski definition) is 3. The molecule has 0 fully saturated rings. The molecular weight excluding hydrogens is 376 g/mol. The van der Waals surface area contributed by atoms with E-state index in [1.807, 2.05) is 48.5 Å². The Bertz CT molecular complexity index is 1010. The smallest absolute Gasteiger partial charge is 0.407 e. The maximum atomic E-state index is 14.0. The van der Waals surface area contributed by atoms with Crippen LogP contribution in [0.3, 0.4) is 0 Å². The maximum Gasteiger partial charge on any atom is 0.407 e. The zero-order chi connectivity index (χ0) is 20.4. The predicted molar refractivity (Wildman–Crippen MR) is 104 cm³/mol. The third kappa shape index (κ3) is 3.71. The van der Waals surface area contributed by atoms with Gasteiger partial charge in [0.25, 0.3) is 0 Å². The van der Waals surface area contributed by atoms with E-state index in [-0.39, 0.29) is 18.1 Å². The zero-order valence-corrected chi connectivity index (χ0v) is 15.4. The molecule has 1 atom stereocenters. The Morgan fingerprint density at radius 2 is 1.62 bits per heavy atom. The van der Waals surface area contributed by atoms with Gasteiger partial charge < -0.3 is 15.2 Å². The van der Waals surface area contributed by atoms with Crippen LogP contribution in [-0.4, -0.2) is 24.4 Å². The van der Waals surface area contributed by atoms with Gasteiger partial charge in [-0.2, -0.15) is 0 Å². The number of rotatable bonds is 5. The van der Waals surface area contributed by atoms with Crippen LogP contribution in [0.25, 0.3) is 11.1 Å². The molecule has 29 heavy (non-hydrogen) atoms. The van der Waals surface area contributed by atoms with Gasteiger partial charge >= 0.3 is 6.09 Å². The number of fused-ring (bicyclic) bond motifs is 3. The Morgan fingerprint density at radius 3 is 2.21 bits per heavy atom. The lowest BCUT2D eigenvalue weighted by Crippen LogP contribution is -2.32. The average molecular weight is 395 g/mol. The number of aliphatic hydroxyl groups is 1. The van der Waals surface area contributed by atoms with Gasteiger partial charge in [0.15, 0.2) is 0 Å². The summed E-state index contributed by atoms with van der Waals surface area (Å²) in [4.78, 5) is 12.3. The molecule has 0 saturated heterocycles. The second kappa shape index (κ2) is 8.01. The second-order valence-electron chi connectivity index (χ2n) is 6.87. The molecule has 4 rings (SSSR count). The third-order valence-corrected chi connectivity index (χ3v) is 5.16. The molecule has 2 N–H and O–H groups in total. The summed E-state index contributed by atoms with van der Waals surface area (Å²) in [6.45, 7) is -0.448. The van der Waals surface area contributed by atoms with Crippen LogP contribution < -0.4 is 5.32 Å². The molecule has 0 aromatic heterocycles. The average Bonchev–Trinajstić information content (AvgIpc) is 3.05. The van der Waals surface area contributed by atoms with E-state index in [0.717, 1.165) is 28.3 Å². The fraction of sp³-hybridized carbons (Fsp3) is 0.174. The highest BCUT2D eigenvalue weighted by molar-refractivity contribution is 5.79. The van der Waals surface area contributed by atoms with Crippen LogP contribution in [0.5, 0.6) is 0 Å². The molecule has 1 amide bonds. The fourth-order valence-corrected chi connectivity index (χ4v) is 3.79. The van der Waals surface area contributed by atoms with Gasteiger partial charge in [0.1, 0.15) is 18.2 Å². The minimum Gasteiger partial charge on any atom is -0.449 e. The topological polar surface area (TPSA) is 58.6 Å². The van der Waals surface area contributed by atoms with Crippen molar-refractivity contribution in [3.8, 4) is 11.1 Å². The van der Waals surface area contributed by atoms with E-state index in [0.29, 0.717) is 6.07 Å². The van der Waals surface area contributed by atoms with Crippen molar-refractivity contribution in [2.75, 3.05) is 13.2 Å². The lowest BCUT2D eigenvalue weighted by atomic mass is 9.98. The number of benzene rings is 3. The first-order valence-electron chi connectivity index (χ1n) is 9.26. The Balaban J connectivity index is 1.47. The summed E-state index contributed by atoms with van der Waals surface area (Å²) < 4.78 is 32.5. The summed E-state index contributed by atoms with van der Waals surface area (Å²) in [6.07, 6.45) is -0.783. The normalized spacial score (nSPS) is 13.5. The van der Waals surface area contributed by atoms with Crippen LogP contribution in [0.2, 0.25) is 0 Å². The lowest BCUT2D eigenvalue weighted by Gasteiger charge is -2.19. The van der Waals surface area contributed by atoms with E-state index in [2.05, 4.69) is 5.32 Å². The Labute approximate surface area is 166 Å². The standard InChI is InChI=1S/C23H19F2NO3/c24-14-9-10-19(21(25)11-14)22(12-27)26-23(28)29-13-20-17-7-3-1-5-15(17)16-6-2-4-8-18(16)20/h1-11,20,22,27H,12-13H2,(H,26,28). The van der Waals surface area contributed by atoms with E-state index in [1.54, 1.807) is 0 Å². The second-order valence-corrected chi connectivity index (χ2v) is 6.87. The summed E-state index contributed by atoms with van der Waals surface area (Å²) in [5.74, 6) is -1.68. The summed E-state index contributed by atoms with van der Waals surface area (Å²) >= 11 is 0. The van der Waals surface area contributed by atoms with Crippen molar-refractivity contribution >= 4 is 6.09 Å². The highest BCUT2D eigenvalue weighted by atomic mass is 19.1. The van der Waals surface area contributed by atoms with Crippen LogP contribution in [0.15, 0.2) is 66.7 Å². The molecule has 0 heterocycles. The number of carbonyl (C=O) groups is 1. The van der Waals surface area contributed by atoms with Gasteiger partial charge in [0, 0.05) is 17.5 Å². The molecule has 6 heteroatoms. The van der Waals surface area contributed by atoms with Crippen molar-refractivity contribution in [3.63, 3.8) is 0 Å². The number of alkyl carbamates (subject to hydrolysis) is 1. The van der Waals surface area contributed by atoms with Crippen molar-refractivity contribution in [1.29, 1.82) is 0 Å². The molecule has 1 unspecified atom stereocenters. The molecule has 1 aliphatic rings. The molecule has 0 radical (unpaired) electrons. The number of hydrogen-bond donors (Lipinski definition) is 2. The summed E-state index contributed by atoms with van der Waals surface area (Å²) in [5, 5.41) is 12.0. The summed E-state index contributed by atoms with van der Waals surface area (Å²) in [5.41, 5.74) is 4.36. The van der Waals surface area contributed by atoms with Crippen LogP contribution in [0.4, 0.5) is 13.6 Å². The van der Waals surface area contributed by atoms with E-state index in [1.165, 1.54) is 6.07 Å². The molecule has 3 aromatic rings. The van der Waals surface area contributed by atoms with Gasteiger partial charge in [-0.25, -0.2) is 13.6 Å². The first kappa shape index (κ1) is 19.1. The summed E-state index contributed by atoms with van der Waals surface area (Å²) in [7, 11) is 0. The molecule has 0 aliphatic heterocycles. The van der Waals surface area contributed by atoms with Gasteiger partial charge in [-0.05, 0) is 28.3 Å². The molecule has 0 spiro atoms.